The van der Waals surface area contributed by atoms with Gasteiger partial charge in [0.05, 0.1) is 0 Å². The maximum absolute atomic E-state index is 9.51. The first-order chi connectivity index (χ1) is 4.06. The fourth-order valence-electron chi connectivity index (χ4n) is 0. The average molecular weight is 221 g/mol. The van der Waals surface area contributed by atoms with Gasteiger partial charge in [0.1, 0.15) is 0 Å². The molecule has 10 heavy (non-hydrogen) atoms. The van der Waals surface area contributed by atoms with Gasteiger partial charge in [-0.15, -0.1) is 0 Å². The predicted octanol–water partition coefficient (Wildman–Crippen LogP) is 1.57. The van der Waals surface area contributed by atoms with Gasteiger partial charge in [0.2, 0.25) is 0 Å². The van der Waals surface area contributed by atoms with Gasteiger partial charge >= 0.3 is 0 Å². The maximum atomic E-state index is 9.51. The minimum absolute atomic E-state index is 0. The summed E-state index contributed by atoms with van der Waals surface area (Å²) in [6, 6.07) is -0.981. The van der Waals surface area contributed by atoms with E-state index >= 15 is 0 Å². The number of aliphatic carboxylic acids is 1. The Morgan fingerprint density at radius 3 is 1.80 bits per heavy atom. The first kappa shape index (κ1) is 16.8. The molecule has 0 aliphatic rings. The molecule has 5 heteroatoms. The zero-order chi connectivity index (χ0) is 7.86. The van der Waals surface area contributed by atoms with E-state index in [0.717, 1.165) is 0 Å². The van der Waals surface area contributed by atoms with Crippen molar-refractivity contribution in [1.82, 2.24) is 0 Å². The predicted molar refractivity (Wildman–Crippen MR) is 36.3 cm³/mol. The quantitative estimate of drug-likeness (QED) is 0.728. The van der Waals surface area contributed by atoms with Crippen molar-refractivity contribution in [2.75, 3.05) is 6.54 Å². The summed E-state index contributed by atoms with van der Waals surface area (Å²) in [6.45, 7) is 3.60. The van der Waals surface area contributed by atoms with Crippen LogP contribution in [0.3, 0.4) is 0 Å². The zero-order valence-corrected chi connectivity index (χ0v) is 9.06. The van der Waals surface area contributed by atoms with Crippen LogP contribution in [-0.4, -0.2) is 23.7 Å². The summed E-state index contributed by atoms with van der Waals surface area (Å²) in [5.74, 6) is -1.07. The summed E-state index contributed by atoms with van der Waals surface area (Å²) in [5, 5.41) is 7.80. The van der Waals surface area contributed by atoms with Gasteiger partial charge in [-0.2, -0.15) is 6.54 Å². The Bertz CT molecular complexity index is 78.0. The molecule has 0 spiro atoms. The van der Waals surface area contributed by atoms with E-state index in [9.17, 15) is 4.79 Å². The second kappa shape index (κ2) is 12.2. The van der Waals surface area contributed by atoms with Crippen LogP contribution in [-0.2, 0) is 37.5 Å². The molecule has 4 nitrogen and oxygen atoms in total. The summed E-state index contributed by atoms with van der Waals surface area (Å²) in [5.41, 5.74) is 12.6. The molecule has 0 aliphatic heterocycles. The normalized spacial score (nSPS) is 10.0. The van der Waals surface area contributed by atoms with Crippen molar-refractivity contribution in [2.45, 2.75) is 19.9 Å². The van der Waals surface area contributed by atoms with Crippen molar-refractivity contribution in [2.24, 2.45) is 0 Å². The Balaban J connectivity index is -0.000000107. The molecule has 0 aromatic rings. The molecule has 1 unspecified atom stereocenters. The molecule has 0 aliphatic carbocycles. The maximum Gasteiger partial charge on any atom is 0.285 e. The third-order valence-electron chi connectivity index (χ3n) is 0.370. The van der Waals surface area contributed by atoms with Crippen LogP contribution in [0, 0.1) is 0 Å². The second-order valence-electron chi connectivity index (χ2n) is 1.41. The molecule has 0 saturated carbocycles. The first-order valence-electron chi connectivity index (χ1n) is 2.64. The zero-order valence-electron chi connectivity index (χ0n) is 6.22. The van der Waals surface area contributed by atoms with Gasteiger partial charge in [0, 0.05) is 32.7 Å². The first-order valence-corrected chi connectivity index (χ1v) is 2.64. The minimum atomic E-state index is -1.07. The number of nitrogens with one attached hydrogen (secondary N) is 2. The summed E-state index contributed by atoms with van der Waals surface area (Å²) < 4.78 is 0. The number of carbonyl (C=O) groups is 1. The van der Waals surface area contributed by atoms with Crippen LogP contribution in [0.4, 0.5) is 0 Å². The van der Waals surface area contributed by atoms with E-state index in [0.29, 0.717) is 6.54 Å². The Kier molecular flexibility index (Phi) is 20.5. The summed E-state index contributed by atoms with van der Waals surface area (Å²) in [6.07, 6.45) is 0. The average Bonchev–Trinajstić information content (AvgIpc) is 1.68. The molecule has 0 bridgehead atoms. The third-order valence-corrected chi connectivity index (χ3v) is 0.370. The van der Waals surface area contributed by atoms with E-state index in [-0.39, 0.29) is 32.7 Å². The van der Waals surface area contributed by atoms with Crippen LogP contribution >= 0.6 is 0 Å². The smallest absolute Gasteiger partial charge is 0.285 e. The molecule has 0 aromatic carbocycles. The molecule has 0 saturated heterocycles. The van der Waals surface area contributed by atoms with Crippen LogP contribution in [0.2, 0.25) is 0 Å². The van der Waals surface area contributed by atoms with E-state index in [1.54, 1.807) is 6.92 Å². The van der Waals surface area contributed by atoms with E-state index in [4.69, 9.17) is 16.6 Å². The Labute approximate surface area is 86.2 Å². The summed E-state index contributed by atoms with van der Waals surface area (Å²) >= 11 is 0. The van der Waals surface area contributed by atoms with E-state index < -0.39 is 12.0 Å². The Hall–Kier alpha value is 0.494. The minimum Gasteiger partial charge on any atom is -0.678 e. The summed E-state index contributed by atoms with van der Waals surface area (Å²) in [4.78, 5) is 9.51. The fourth-order valence-corrected chi connectivity index (χ4v) is 0. The molecule has 1 radical (unpaired) electrons. The van der Waals surface area contributed by atoms with Crippen molar-refractivity contribution < 1.29 is 42.6 Å². The molecular weight excluding hydrogens is 209 g/mol. The van der Waals surface area contributed by atoms with Crippen LogP contribution in [0.25, 0.3) is 11.5 Å². The molecule has 3 N–H and O–H groups in total. The van der Waals surface area contributed by atoms with E-state index in [1.807, 2.05) is 0 Å². The van der Waals surface area contributed by atoms with Crippen LogP contribution < -0.4 is 0 Å². The van der Waals surface area contributed by atoms with Crippen LogP contribution in [0.5, 0.6) is 0 Å². The second-order valence-corrected chi connectivity index (χ2v) is 1.41. The number of carboxylic acids is 1. The van der Waals surface area contributed by atoms with Gasteiger partial charge < -0.3 is 16.6 Å². The van der Waals surface area contributed by atoms with Crippen molar-refractivity contribution in [3.05, 3.63) is 11.5 Å². The summed E-state index contributed by atoms with van der Waals surface area (Å²) in [7, 11) is 0. The number of hydrogen-bond donors (Lipinski definition) is 1. The molecular formula is C5H12N2O2Y-2. The van der Waals surface area contributed by atoms with Gasteiger partial charge in [0.25, 0.3) is 5.97 Å². The largest absolute Gasteiger partial charge is 0.678 e. The molecule has 0 aromatic heterocycles. The van der Waals surface area contributed by atoms with Crippen molar-refractivity contribution in [3.8, 4) is 0 Å². The van der Waals surface area contributed by atoms with Crippen LogP contribution in [0.1, 0.15) is 13.8 Å². The van der Waals surface area contributed by atoms with E-state index in [1.165, 1.54) is 6.92 Å². The monoisotopic (exact) mass is 221 g/mol. The van der Waals surface area contributed by atoms with Gasteiger partial charge in [-0.05, 0) is 6.04 Å². The van der Waals surface area contributed by atoms with Crippen molar-refractivity contribution in [3.63, 3.8) is 0 Å². The van der Waals surface area contributed by atoms with E-state index in [2.05, 4.69) is 0 Å². The third kappa shape index (κ3) is 23.6. The number of hydrogen-bond acceptors (Lipinski definition) is 1. The molecule has 0 heterocycles. The molecule has 59 valence electrons. The molecule has 0 amide bonds. The topological polar surface area (TPSA) is 84.9 Å². The van der Waals surface area contributed by atoms with Crippen molar-refractivity contribution >= 4 is 5.97 Å². The number of rotatable bonds is 1. The Morgan fingerprint density at radius 2 is 1.80 bits per heavy atom. The van der Waals surface area contributed by atoms with Gasteiger partial charge in [-0.1, -0.05) is 13.8 Å². The van der Waals surface area contributed by atoms with Gasteiger partial charge in [0.15, 0.2) is 0 Å². The number of carboxylic acid groups (broad SMARTS) is 1. The van der Waals surface area contributed by atoms with Gasteiger partial charge in [-0.3, -0.25) is 4.79 Å². The Morgan fingerprint density at radius 1 is 1.70 bits per heavy atom. The SMILES string of the molecule is CC([NH-])C(=O)O.CC[NH-].[Y]. The van der Waals surface area contributed by atoms with Crippen LogP contribution in [0.15, 0.2) is 0 Å². The fraction of sp³-hybridized carbons (Fsp3) is 0.800. The molecule has 0 rings (SSSR count). The van der Waals surface area contributed by atoms with Crippen molar-refractivity contribution in [1.29, 1.82) is 0 Å². The molecule has 1 atom stereocenters. The standard InChI is InChI=1S/C3H6NO2.C2H6N.Y/c1-2(4)3(5)6;1-2-3;/h2,4H,1H3,(H,5,6);3H,2H2,1H3;/q2*-1;. The van der Waals surface area contributed by atoms with Gasteiger partial charge in [-0.25, -0.2) is 0 Å². The molecule has 0 fully saturated rings.